The van der Waals surface area contributed by atoms with Crippen LogP contribution in [0.1, 0.15) is 23.7 Å². The maximum Gasteiger partial charge on any atom is 0.335 e. The van der Waals surface area contributed by atoms with Gasteiger partial charge in [0.15, 0.2) is 0 Å². The number of carboxylic acid groups (broad SMARTS) is 1. The molecule has 0 aliphatic carbocycles. The normalized spacial score (nSPS) is 11.1. The van der Waals surface area contributed by atoms with Gasteiger partial charge in [0.2, 0.25) is 15.9 Å². The Morgan fingerprint density at radius 3 is 2.57 bits per heavy atom. The van der Waals surface area contributed by atoms with Crippen LogP contribution in [0.4, 0.5) is 4.39 Å². The number of amides is 1. The number of carbonyl (C=O) groups is 2. The Hall–Kier alpha value is -2.00. The van der Waals surface area contributed by atoms with E-state index >= 15 is 0 Å². The molecule has 1 amide bonds. The fourth-order valence-electron chi connectivity index (χ4n) is 1.50. The average molecular weight is 318 g/mol. The van der Waals surface area contributed by atoms with Crippen LogP contribution in [0.25, 0.3) is 0 Å². The Labute approximate surface area is 121 Å². The minimum absolute atomic E-state index is 0.104. The van der Waals surface area contributed by atoms with Gasteiger partial charge in [0.05, 0.1) is 5.56 Å². The van der Waals surface area contributed by atoms with E-state index in [-0.39, 0.29) is 24.4 Å². The highest BCUT2D eigenvalue weighted by molar-refractivity contribution is 7.89. The lowest BCUT2D eigenvalue weighted by Crippen LogP contribution is -2.31. The molecule has 0 heterocycles. The van der Waals surface area contributed by atoms with E-state index in [4.69, 9.17) is 5.11 Å². The molecule has 21 heavy (non-hydrogen) atoms. The van der Waals surface area contributed by atoms with Crippen molar-refractivity contribution < 1.29 is 27.5 Å². The minimum atomic E-state index is -4.23. The van der Waals surface area contributed by atoms with Gasteiger partial charge >= 0.3 is 5.97 Å². The number of carboxylic acids is 1. The molecule has 0 fully saturated rings. The van der Waals surface area contributed by atoms with Crippen LogP contribution in [0.3, 0.4) is 0 Å². The molecule has 0 unspecified atom stereocenters. The molecular weight excluding hydrogens is 303 g/mol. The number of rotatable bonds is 7. The highest BCUT2D eigenvalue weighted by Crippen LogP contribution is 2.16. The van der Waals surface area contributed by atoms with Gasteiger partial charge in [-0.1, -0.05) is 0 Å². The maximum atomic E-state index is 13.5. The molecular formula is C12H15FN2O5S. The van der Waals surface area contributed by atoms with Gasteiger partial charge in [-0.3, -0.25) is 4.79 Å². The topological polar surface area (TPSA) is 113 Å². The summed E-state index contributed by atoms with van der Waals surface area (Å²) < 4.78 is 39.4. The van der Waals surface area contributed by atoms with Crippen molar-refractivity contribution in [3.63, 3.8) is 0 Å². The lowest BCUT2D eigenvalue weighted by atomic mass is 10.2. The molecule has 0 bridgehead atoms. The van der Waals surface area contributed by atoms with Crippen LogP contribution in [0.2, 0.25) is 0 Å². The summed E-state index contributed by atoms with van der Waals surface area (Å²) in [5.74, 6) is -2.78. The van der Waals surface area contributed by atoms with Crippen molar-refractivity contribution in [2.75, 3.05) is 13.1 Å². The molecule has 3 N–H and O–H groups in total. The predicted molar refractivity (Wildman–Crippen MR) is 71.8 cm³/mol. The zero-order chi connectivity index (χ0) is 16.0. The van der Waals surface area contributed by atoms with Crippen molar-refractivity contribution >= 4 is 21.9 Å². The van der Waals surface area contributed by atoms with Gasteiger partial charge in [-0.2, -0.15) is 0 Å². The number of hydrogen-bond donors (Lipinski definition) is 3. The molecule has 1 rings (SSSR count). The zero-order valence-electron chi connectivity index (χ0n) is 11.2. The van der Waals surface area contributed by atoms with E-state index in [0.29, 0.717) is 6.54 Å². The van der Waals surface area contributed by atoms with Crippen molar-refractivity contribution in [3.05, 3.63) is 29.6 Å². The molecule has 7 nitrogen and oxygen atoms in total. The van der Waals surface area contributed by atoms with E-state index in [9.17, 15) is 22.4 Å². The van der Waals surface area contributed by atoms with Crippen LogP contribution in [0.15, 0.2) is 23.1 Å². The fraction of sp³-hybridized carbons (Fsp3) is 0.333. The lowest BCUT2D eigenvalue weighted by Gasteiger charge is -2.08. The van der Waals surface area contributed by atoms with Crippen LogP contribution in [0.5, 0.6) is 0 Å². The summed E-state index contributed by atoms with van der Waals surface area (Å²) in [6, 6.07) is 2.46. The van der Waals surface area contributed by atoms with Gasteiger partial charge in [-0.25, -0.2) is 22.3 Å². The largest absolute Gasteiger partial charge is 0.478 e. The summed E-state index contributed by atoms with van der Waals surface area (Å²) >= 11 is 0. The molecule has 0 saturated carbocycles. The minimum Gasteiger partial charge on any atom is -0.478 e. The predicted octanol–water partition coefficient (Wildman–Crippen LogP) is 0.328. The van der Waals surface area contributed by atoms with Gasteiger partial charge in [0, 0.05) is 19.5 Å². The molecule has 0 saturated heterocycles. The van der Waals surface area contributed by atoms with Crippen LogP contribution in [-0.2, 0) is 14.8 Å². The second kappa shape index (κ2) is 7.14. The van der Waals surface area contributed by atoms with E-state index < -0.39 is 26.7 Å². The Kier molecular flexibility index (Phi) is 5.79. The molecule has 9 heteroatoms. The standard InChI is InChI=1S/C12H15FN2O5S/c1-2-14-11(16)5-6-15-21(19,20)10-7-8(12(17)18)3-4-9(10)13/h3-4,7,15H,2,5-6H2,1H3,(H,14,16)(H,17,18). The average Bonchev–Trinajstić information content (AvgIpc) is 2.38. The monoisotopic (exact) mass is 318 g/mol. The number of halogens is 1. The molecule has 0 radical (unpaired) electrons. The number of carbonyl (C=O) groups excluding carboxylic acids is 1. The van der Waals surface area contributed by atoms with Gasteiger partial charge in [-0.15, -0.1) is 0 Å². The Bertz CT molecular complexity index is 645. The molecule has 0 aliphatic heterocycles. The first kappa shape index (κ1) is 17.1. The Morgan fingerprint density at radius 1 is 1.33 bits per heavy atom. The van der Waals surface area contributed by atoms with Crippen LogP contribution in [-0.4, -0.2) is 38.5 Å². The SMILES string of the molecule is CCNC(=O)CCNS(=O)(=O)c1cc(C(=O)O)ccc1F. The van der Waals surface area contributed by atoms with Crippen LogP contribution < -0.4 is 10.0 Å². The molecule has 0 atom stereocenters. The first-order chi connectivity index (χ1) is 9.77. The van der Waals surface area contributed by atoms with E-state index in [2.05, 4.69) is 10.0 Å². The third kappa shape index (κ3) is 4.80. The van der Waals surface area contributed by atoms with E-state index in [1.807, 2.05) is 0 Å². The van der Waals surface area contributed by atoms with Crippen molar-refractivity contribution in [2.24, 2.45) is 0 Å². The number of hydrogen-bond acceptors (Lipinski definition) is 4. The zero-order valence-corrected chi connectivity index (χ0v) is 12.0. The third-order valence-corrected chi connectivity index (χ3v) is 3.96. The van der Waals surface area contributed by atoms with E-state index in [0.717, 1.165) is 18.2 Å². The van der Waals surface area contributed by atoms with Gasteiger partial charge in [-0.05, 0) is 25.1 Å². The summed E-state index contributed by atoms with van der Waals surface area (Å²) in [5, 5.41) is 11.3. The van der Waals surface area contributed by atoms with Crippen LogP contribution in [0, 0.1) is 5.82 Å². The number of aromatic carboxylic acids is 1. The highest BCUT2D eigenvalue weighted by atomic mass is 32.2. The quantitative estimate of drug-likeness (QED) is 0.670. The molecule has 0 spiro atoms. The first-order valence-electron chi connectivity index (χ1n) is 6.07. The number of benzene rings is 1. The molecule has 0 aliphatic rings. The third-order valence-electron chi connectivity index (χ3n) is 2.49. The summed E-state index contributed by atoms with van der Waals surface area (Å²) in [7, 11) is -4.23. The molecule has 1 aromatic rings. The lowest BCUT2D eigenvalue weighted by molar-refractivity contribution is -0.120. The van der Waals surface area contributed by atoms with Crippen molar-refractivity contribution in [1.82, 2.24) is 10.0 Å². The maximum absolute atomic E-state index is 13.5. The van der Waals surface area contributed by atoms with E-state index in [1.165, 1.54) is 0 Å². The second-order valence-corrected chi connectivity index (χ2v) is 5.79. The van der Waals surface area contributed by atoms with Crippen molar-refractivity contribution in [3.8, 4) is 0 Å². The summed E-state index contributed by atoms with van der Waals surface area (Å²) in [4.78, 5) is 21.2. The Balaban J connectivity index is 2.85. The second-order valence-electron chi connectivity index (χ2n) is 4.05. The van der Waals surface area contributed by atoms with Gasteiger partial charge in [0.1, 0.15) is 10.7 Å². The van der Waals surface area contributed by atoms with Crippen molar-refractivity contribution in [2.45, 2.75) is 18.2 Å². The fourth-order valence-corrected chi connectivity index (χ4v) is 2.64. The molecule has 0 aromatic heterocycles. The summed E-state index contributed by atoms with van der Waals surface area (Å²) in [6.45, 7) is 1.92. The molecule has 1 aromatic carbocycles. The smallest absolute Gasteiger partial charge is 0.335 e. The van der Waals surface area contributed by atoms with E-state index in [1.54, 1.807) is 6.92 Å². The van der Waals surface area contributed by atoms with Gasteiger partial charge < -0.3 is 10.4 Å². The highest BCUT2D eigenvalue weighted by Gasteiger charge is 2.21. The molecule has 116 valence electrons. The van der Waals surface area contributed by atoms with Gasteiger partial charge in [0.25, 0.3) is 0 Å². The van der Waals surface area contributed by atoms with Crippen LogP contribution >= 0.6 is 0 Å². The number of nitrogens with one attached hydrogen (secondary N) is 2. The summed E-state index contributed by atoms with van der Waals surface area (Å²) in [5.41, 5.74) is -0.347. The first-order valence-corrected chi connectivity index (χ1v) is 7.55. The number of sulfonamides is 1. The Morgan fingerprint density at radius 2 is 2.00 bits per heavy atom. The van der Waals surface area contributed by atoms with Crippen molar-refractivity contribution in [1.29, 1.82) is 0 Å². The summed E-state index contributed by atoms with van der Waals surface area (Å²) in [6.07, 6.45) is -0.104.